The van der Waals surface area contributed by atoms with E-state index >= 15 is 0 Å². The predicted octanol–water partition coefficient (Wildman–Crippen LogP) is 8.47. The third-order valence-electron chi connectivity index (χ3n) is 6.40. The van der Waals surface area contributed by atoms with Gasteiger partial charge in [-0.05, 0) is 57.4 Å². The Hall–Kier alpha value is -1.87. The zero-order chi connectivity index (χ0) is 25.9. The highest BCUT2D eigenvalue weighted by atomic mass is 16.2. The minimum absolute atomic E-state index is 0.177. The van der Waals surface area contributed by atoms with E-state index in [0.29, 0.717) is 11.9 Å². The van der Waals surface area contributed by atoms with E-state index in [1.54, 1.807) is 0 Å². The first-order valence-corrected chi connectivity index (χ1v) is 14.0. The minimum atomic E-state index is 0.177. The lowest BCUT2D eigenvalue weighted by atomic mass is 9.83. The maximum absolute atomic E-state index is 13.2. The number of likely N-dealkylation sites (tertiary alicyclic amines) is 2. The van der Waals surface area contributed by atoms with E-state index in [-0.39, 0.29) is 5.92 Å². The van der Waals surface area contributed by atoms with Crippen LogP contribution in [0.25, 0.3) is 0 Å². The van der Waals surface area contributed by atoms with Gasteiger partial charge >= 0.3 is 0 Å². The quantitative estimate of drug-likeness (QED) is 0.348. The molecule has 1 aliphatic carbocycles. The number of fused-ring (bicyclic) bond motifs is 1. The Morgan fingerprint density at radius 1 is 1.03 bits per heavy atom. The van der Waals surface area contributed by atoms with E-state index in [1.807, 2.05) is 53.7 Å². The highest BCUT2D eigenvalue weighted by molar-refractivity contribution is 5.84. The van der Waals surface area contributed by atoms with Crippen LogP contribution in [-0.2, 0) is 4.79 Å². The monoisotopic (exact) mass is 470 g/mol. The third kappa shape index (κ3) is 9.78. The minimum Gasteiger partial charge on any atom is -0.309 e. The number of nitrogens with zero attached hydrogens (tertiary/aromatic N) is 2. The zero-order valence-electron chi connectivity index (χ0n) is 23.7. The molecule has 0 aromatic heterocycles. The van der Waals surface area contributed by atoms with Crippen LogP contribution in [0, 0.1) is 5.92 Å². The van der Waals surface area contributed by atoms with Crippen molar-refractivity contribution in [2.45, 2.75) is 106 Å². The number of amides is 1. The summed E-state index contributed by atoms with van der Waals surface area (Å²) in [6, 6.07) is 0.373. The van der Waals surface area contributed by atoms with Crippen molar-refractivity contribution in [2.24, 2.45) is 5.92 Å². The van der Waals surface area contributed by atoms with E-state index in [1.165, 1.54) is 16.8 Å². The van der Waals surface area contributed by atoms with Gasteiger partial charge in [0.2, 0.25) is 5.91 Å². The van der Waals surface area contributed by atoms with Crippen molar-refractivity contribution in [3.63, 3.8) is 0 Å². The molecular weight excluding hydrogens is 416 g/mol. The van der Waals surface area contributed by atoms with Gasteiger partial charge in [0.05, 0.1) is 0 Å². The topological polar surface area (TPSA) is 23.6 Å². The number of rotatable bonds is 7. The number of hydrogen-bond donors (Lipinski definition) is 0. The van der Waals surface area contributed by atoms with Crippen LogP contribution in [0.15, 0.2) is 59.9 Å². The SMILES string of the molecule is C=C/C=C\C=C(/C)CCN1CCC(N2C(=O)C(CC)CC3=CCCC=C32)CC1.CC.CC.CC. The zero-order valence-corrected chi connectivity index (χ0v) is 23.7. The summed E-state index contributed by atoms with van der Waals surface area (Å²) in [6.07, 6.45) is 20.1. The van der Waals surface area contributed by atoms with E-state index in [2.05, 4.69) is 54.5 Å². The molecule has 1 atom stereocenters. The maximum Gasteiger partial charge on any atom is 0.230 e. The van der Waals surface area contributed by atoms with Gasteiger partial charge in [-0.2, -0.15) is 0 Å². The summed E-state index contributed by atoms with van der Waals surface area (Å²) in [6.45, 7) is 23.3. The smallest absolute Gasteiger partial charge is 0.230 e. The summed E-state index contributed by atoms with van der Waals surface area (Å²) in [4.78, 5) is 17.9. The van der Waals surface area contributed by atoms with Crippen LogP contribution >= 0.6 is 0 Å². The molecule has 3 rings (SSSR count). The van der Waals surface area contributed by atoms with Crippen LogP contribution in [0.4, 0.5) is 0 Å². The molecule has 0 bridgehead atoms. The molecule has 0 N–H and O–H groups in total. The summed E-state index contributed by atoms with van der Waals surface area (Å²) < 4.78 is 0. The fraction of sp³-hybridized carbons (Fsp3) is 0.645. The number of hydrogen-bond acceptors (Lipinski definition) is 2. The van der Waals surface area contributed by atoms with Gasteiger partial charge in [-0.1, -0.05) is 97.1 Å². The van der Waals surface area contributed by atoms with Gasteiger partial charge in [0.25, 0.3) is 0 Å². The fourth-order valence-electron chi connectivity index (χ4n) is 4.64. The standard InChI is InChI=1S/C25H36N2O.3C2H6/c1-4-6-7-10-20(3)13-16-26-17-14-23(15-18-26)27-24-12-9-8-11-22(24)19-21(5-2)25(27)28;3*1-2/h4,6-7,10-12,21,23H,1,5,8-9,13-19H2,2-3H3;3*1-2H3/b7-6-,20-10+;;;. The van der Waals surface area contributed by atoms with E-state index in [0.717, 1.165) is 64.6 Å². The Bertz CT molecular complexity index is 690. The second-order valence-electron chi connectivity index (χ2n) is 8.37. The highest BCUT2D eigenvalue weighted by Crippen LogP contribution is 2.38. The van der Waals surface area contributed by atoms with Crippen molar-refractivity contribution in [2.75, 3.05) is 19.6 Å². The van der Waals surface area contributed by atoms with Crippen LogP contribution < -0.4 is 0 Å². The van der Waals surface area contributed by atoms with Crippen LogP contribution in [0.3, 0.4) is 0 Å². The lowest BCUT2D eigenvalue weighted by Crippen LogP contribution is -2.51. The molecule has 3 nitrogen and oxygen atoms in total. The molecular formula is C31H54N2O. The van der Waals surface area contributed by atoms with Gasteiger partial charge in [-0.15, -0.1) is 0 Å². The molecule has 3 aliphatic rings. The lowest BCUT2D eigenvalue weighted by molar-refractivity contribution is -0.137. The molecule has 1 amide bonds. The molecule has 2 heterocycles. The summed E-state index contributed by atoms with van der Waals surface area (Å²) >= 11 is 0. The summed E-state index contributed by atoms with van der Waals surface area (Å²) in [5, 5.41) is 0. The van der Waals surface area contributed by atoms with Crippen LogP contribution in [0.2, 0.25) is 0 Å². The molecule has 0 aromatic carbocycles. The molecule has 0 radical (unpaired) electrons. The van der Waals surface area contributed by atoms with Gasteiger partial charge < -0.3 is 9.80 Å². The van der Waals surface area contributed by atoms with Crippen LogP contribution in [0.5, 0.6) is 0 Å². The number of allylic oxidation sites excluding steroid dienone is 7. The molecule has 0 spiro atoms. The van der Waals surface area contributed by atoms with Gasteiger partial charge in [-0.25, -0.2) is 0 Å². The summed E-state index contributed by atoms with van der Waals surface area (Å²) in [7, 11) is 0. The summed E-state index contributed by atoms with van der Waals surface area (Å²) in [5.41, 5.74) is 4.07. The van der Waals surface area contributed by atoms with Gasteiger partial charge in [0.15, 0.2) is 0 Å². The molecule has 2 saturated heterocycles. The Morgan fingerprint density at radius 3 is 2.24 bits per heavy atom. The molecule has 2 aliphatic heterocycles. The molecule has 0 aromatic rings. The number of piperidine rings is 2. The van der Waals surface area contributed by atoms with Crippen molar-refractivity contribution < 1.29 is 4.79 Å². The second kappa shape index (κ2) is 19.4. The van der Waals surface area contributed by atoms with Gasteiger partial charge in [-0.3, -0.25) is 4.79 Å². The predicted molar refractivity (Wildman–Crippen MR) is 152 cm³/mol. The fourth-order valence-corrected chi connectivity index (χ4v) is 4.64. The summed E-state index contributed by atoms with van der Waals surface area (Å²) in [5.74, 6) is 0.551. The van der Waals surface area contributed by atoms with Crippen molar-refractivity contribution in [3.8, 4) is 0 Å². The average molecular weight is 471 g/mol. The maximum atomic E-state index is 13.2. The van der Waals surface area contributed by atoms with E-state index in [4.69, 9.17) is 0 Å². The first-order valence-electron chi connectivity index (χ1n) is 14.0. The van der Waals surface area contributed by atoms with Gasteiger partial charge in [0.1, 0.15) is 0 Å². The lowest BCUT2D eigenvalue weighted by Gasteiger charge is -2.45. The van der Waals surface area contributed by atoms with Gasteiger partial charge in [0, 0.05) is 37.3 Å². The van der Waals surface area contributed by atoms with Crippen molar-refractivity contribution in [3.05, 3.63) is 59.9 Å². The molecule has 2 fully saturated rings. The Kier molecular flexibility index (Phi) is 18.4. The largest absolute Gasteiger partial charge is 0.309 e. The van der Waals surface area contributed by atoms with Crippen molar-refractivity contribution in [1.82, 2.24) is 9.80 Å². The number of carbonyl (C=O) groups excluding carboxylic acids is 1. The Labute approximate surface area is 212 Å². The highest BCUT2D eigenvalue weighted by Gasteiger charge is 2.39. The second-order valence-corrected chi connectivity index (χ2v) is 8.37. The molecule has 34 heavy (non-hydrogen) atoms. The molecule has 194 valence electrons. The molecule has 3 heteroatoms. The van der Waals surface area contributed by atoms with E-state index < -0.39 is 0 Å². The third-order valence-corrected chi connectivity index (χ3v) is 6.40. The Morgan fingerprint density at radius 2 is 1.65 bits per heavy atom. The number of carbonyl (C=O) groups is 1. The van der Waals surface area contributed by atoms with Crippen LogP contribution in [-0.4, -0.2) is 41.4 Å². The Balaban J connectivity index is 0.00000168. The average Bonchev–Trinajstić information content (AvgIpc) is 2.91. The first-order chi connectivity index (χ1) is 16.6. The first kappa shape index (κ1) is 32.1. The van der Waals surface area contributed by atoms with E-state index in [9.17, 15) is 4.79 Å². The normalized spacial score (nSPS) is 21.1. The van der Waals surface area contributed by atoms with Crippen molar-refractivity contribution in [1.29, 1.82) is 0 Å². The van der Waals surface area contributed by atoms with Crippen LogP contribution in [0.1, 0.15) is 100 Å². The van der Waals surface area contributed by atoms with Crippen molar-refractivity contribution >= 4 is 5.91 Å². The molecule has 1 unspecified atom stereocenters. The molecule has 0 saturated carbocycles.